The van der Waals surface area contributed by atoms with Crippen molar-refractivity contribution in [2.45, 2.75) is 18.2 Å². The zero-order chi connectivity index (χ0) is 20.1. The number of para-hydroxylation sites is 2. The van der Waals surface area contributed by atoms with E-state index in [1.807, 2.05) is 59.3 Å². The average molecular weight is 407 g/mol. The van der Waals surface area contributed by atoms with Crippen molar-refractivity contribution in [1.29, 1.82) is 0 Å². The number of rotatable bonds is 8. The monoisotopic (exact) mass is 407 g/mol. The molecular formula is C22H21N3O3S. The SMILES string of the molecule is O=c1ccc2ccccc2n1OCCCSc1nccn1-c1ccccc1CO. The number of imidazole rings is 1. The number of pyridine rings is 1. The molecule has 0 aliphatic carbocycles. The van der Waals surface area contributed by atoms with Crippen LogP contribution >= 0.6 is 11.8 Å². The van der Waals surface area contributed by atoms with Gasteiger partial charge in [-0.2, -0.15) is 0 Å². The minimum atomic E-state index is -0.174. The molecule has 0 saturated carbocycles. The van der Waals surface area contributed by atoms with E-state index in [1.165, 1.54) is 10.8 Å². The molecule has 0 aliphatic rings. The Balaban J connectivity index is 1.38. The van der Waals surface area contributed by atoms with Crippen molar-refractivity contribution >= 4 is 22.7 Å². The third kappa shape index (κ3) is 4.21. The molecule has 2 aromatic carbocycles. The molecule has 6 nitrogen and oxygen atoms in total. The lowest BCUT2D eigenvalue weighted by atomic mass is 10.2. The van der Waals surface area contributed by atoms with Crippen molar-refractivity contribution in [2.24, 2.45) is 0 Å². The zero-order valence-corrected chi connectivity index (χ0v) is 16.6. The molecule has 0 atom stereocenters. The van der Waals surface area contributed by atoms with E-state index < -0.39 is 0 Å². The quantitative estimate of drug-likeness (QED) is 0.359. The van der Waals surface area contributed by atoms with Gasteiger partial charge in [-0.1, -0.05) is 48.2 Å². The van der Waals surface area contributed by atoms with Crippen LogP contribution in [-0.4, -0.2) is 31.7 Å². The number of aliphatic hydroxyl groups is 1. The Morgan fingerprint density at radius 2 is 1.86 bits per heavy atom. The fraction of sp³-hybridized carbons (Fsp3) is 0.182. The van der Waals surface area contributed by atoms with E-state index in [1.54, 1.807) is 24.0 Å². The van der Waals surface area contributed by atoms with Crippen LogP contribution < -0.4 is 10.4 Å². The zero-order valence-electron chi connectivity index (χ0n) is 15.8. The Morgan fingerprint density at radius 3 is 2.76 bits per heavy atom. The van der Waals surface area contributed by atoms with Crippen LogP contribution in [0.25, 0.3) is 16.6 Å². The fourth-order valence-corrected chi connectivity index (χ4v) is 4.01. The van der Waals surface area contributed by atoms with Crippen molar-refractivity contribution in [3.8, 4) is 5.69 Å². The van der Waals surface area contributed by atoms with Crippen LogP contribution in [0.1, 0.15) is 12.0 Å². The first-order chi connectivity index (χ1) is 14.3. The Hall–Kier alpha value is -3.03. The van der Waals surface area contributed by atoms with Crippen LogP contribution in [-0.2, 0) is 6.61 Å². The number of nitrogens with zero attached hydrogens (tertiary/aromatic N) is 3. The van der Waals surface area contributed by atoms with Gasteiger partial charge >= 0.3 is 0 Å². The average Bonchev–Trinajstić information content (AvgIpc) is 3.23. The van der Waals surface area contributed by atoms with Gasteiger partial charge in [0.15, 0.2) is 5.16 Å². The third-order valence-electron chi connectivity index (χ3n) is 4.53. The highest BCUT2D eigenvalue weighted by molar-refractivity contribution is 7.99. The molecule has 4 rings (SSSR count). The first-order valence-electron chi connectivity index (χ1n) is 9.37. The third-order valence-corrected chi connectivity index (χ3v) is 5.58. The summed E-state index contributed by atoms with van der Waals surface area (Å²) in [4.78, 5) is 22.3. The number of benzene rings is 2. The van der Waals surface area contributed by atoms with Crippen molar-refractivity contribution < 1.29 is 9.94 Å². The van der Waals surface area contributed by atoms with Gasteiger partial charge in [0.1, 0.15) is 6.61 Å². The second kappa shape index (κ2) is 8.98. The second-order valence-electron chi connectivity index (χ2n) is 6.43. The minimum absolute atomic E-state index is 0.0217. The lowest BCUT2D eigenvalue weighted by molar-refractivity contribution is 0.113. The van der Waals surface area contributed by atoms with Crippen molar-refractivity contribution in [3.63, 3.8) is 0 Å². The number of hydrogen-bond donors (Lipinski definition) is 1. The molecule has 0 spiro atoms. The molecule has 0 aliphatic heterocycles. The maximum Gasteiger partial charge on any atom is 0.283 e. The van der Waals surface area contributed by atoms with E-state index in [0.29, 0.717) is 6.61 Å². The lowest BCUT2D eigenvalue weighted by Gasteiger charge is -2.12. The smallest absolute Gasteiger partial charge is 0.283 e. The number of fused-ring (bicyclic) bond motifs is 1. The lowest BCUT2D eigenvalue weighted by Crippen LogP contribution is -2.27. The second-order valence-corrected chi connectivity index (χ2v) is 7.49. The van der Waals surface area contributed by atoms with Crippen LogP contribution in [0.3, 0.4) is 0 Å². The standard InChI is InChI=1S/C22H21N3O3S/c26-16-18-7-2-3-8-19(18)24-13-12-23-22(24)29-15-5-14-28-25-20-9-4-1-6-17(20)10-11-21(25)27/h1-4,6-13,26H,5,14-16H2. The van der Waals surface area contributed by atoms with Gasteiger partial charge in [-0.25, -0.2) is 4.98 Å². The molecular weight excluding hydrogens is 386 g/mol. The summed E-state index contributed by atoms with van der Waals surface area (Å²) in [5.74, 6) is 0.790. The van der Waals surface area contributed by atoms with Gasteiger partial charge in [0.25, 0.3) is 5.56 Å². The molecule has 29 heavy (non-hydrogen) atoms. The van der Waals surface area contributed by atoms with Gasteiger partial charge in [-0.3, -0.25) is 9.36 Å². The minimum Gasteiger partial charge on any atom is -0.410 e. The molecule has 148 valence electrons. The first kappa shape index (κ1) is 19.3. The number of thioether (sulfide) groups is 1. The highest BCUT2D eigenvalue weighted by Gasteiger charge is 2.09. The summed E-state index contributed by atoms with van der Waals surface area (Å²) >= 11 is 1.61. The number of hydrogen-bond acceptors (Lipinski definition) is 5. The predicted molar refractivity (Wildman–Crippen MR) is 114 cm³/mol. The molecule has 7 heteroatoms. The molecule has 4 aromatic rings. The highest BCUT2D eigenvalue weighted by Crippen LogP contribution is 2.23. The largest absolute Gasteiger partial charge is 0.410 e. The summed E-state index contributed by atoms with van der Waals surface area (Å²) in [6.07, 6.45) is 4.40. The van der Waals surface area contributed by atoms with Crippen molar-refractivity contribution in [2.75, 3.05) is 12.4 Å². The maximum atomic E-state index is 12.1. The molecule has 0 radical (unpaired) electrons. The number of aromatic nitrogens is 3. The topological polar surface area (TPSA) is 69.3 Å². The van der Waals surface area contributed by atoms with Crippen LogP contribution in [0.5, 0.6) is 0 Å². The summed E-state index contributed by atoms with van der Waals surface area (Å²) in [6.45, 7) is 0.404. The summed E-state index contributed by atoms with van der Waals surface area (Å²) in [6, 6.07) is 18.7. The fourth-order valence-electron chi connectivity index (χ4n) is 3.13. The van der Waals surface area contributed by atoms with Crippen LogP contribution in [0.15, 0.2) is 83.0 Å². The summed E-state index contributed by atoms with van der Waals surface area (Å²) < 4.78 is 3.34. The molecule has 0 unspecified atom stereocenters. The van der Waals surface area contributed by atoms with Crippen LogP contribution in [0.4, 0.5) is 0 Å². The molecule has 0 fully saturated rings. The normalized spacial score (nSPS) is 11.1. The van der Waals surface area contributed by atoms with E-state index in [-0.39, 0.29) is 12.2 Å². The number of aliphatic hydroxyl groups excluding tert-OH is 1. The van der Waals surface area contributed by atoms with E-state index in [9.17, 15) is 9.90 Å². The summed E-state index contributed by atoms with van der Waals surface area (Å²) in [7, 11) is 0. The maximum absolute atomic E-state index is 12.1. The van der Waals surface area contributed by atoms with Crippen molar-refractivity contribution in [3.05, 3.63) is 89.0 Å². The van der Waals surface area contributed by atoms with Gasteiger partial charge in [-0.05, 0) is 24.6 Å². The molecule has 2 heterocycles. The first-order valence-corrected chi connectivity index (χ1v) is 10.4. The van der Waals surface area contributed by atoms with E-state index in [2.05, 4.69) is 4.98 Å². The molecule has 2 aromatic heterocycles. The molecule has 0 saturated heterocycles. The van der Waals surface area contributed by atoms with Crippen molar-refractivity contribution in [1.82, 2.24) is 14.3 Å². The Labute approximate surface area is 172 Å². The Kier molecular flexibility index (Phi) is 5.97. The predicted octanol–water partition coefficient (Wildman–Crippen LogP) is 3.29. The Bertz CT molecular complexity index is 1170. The van der Waals surface area contributed by atoms with Crippen LogP contribution in [0.2, 0.25) is 0 Å². The van der Waals surface area contributed by atoms with Gasteiger partial charge < -0.3 is 9.94 Å². The van der Waals surface area contributed by atoms with E-state index in [4.69, 9.17) is 4.84 Å². The van der Waals surface area contributed by atoms with E-state index in [0.717, 1.165) is 39.5 Å². The van der Waals surface area contributed by atoms with Gasteiger partial charge in [-0.15, -0.1) is 4.73 Å². The highest BCUT2D eigenvalue weighted by atomic mass is 32.2. The molecule has 1 N–H and O–H groups in total. The van der Waals surface area contributed by atoms with Gasteiger partial charge in [0.2, 0.25) is 0 Å². The summed E-state index contributed by atoms with van der Waals surface area (Å²) in [5, 5.41) is 11.4. The van der Waals surface area contributed by atoms with Crippen LogP contribution in [0, 0.1) is 0 Å². The van der Waals surface area contributed by atoms with Gasteiger partial charge in [0.05, 0.1) is 17.8 Å². The Morgan fingerprint density at radius 1 is 1.03 bits per heavy atom. The van der Waals surface area contributed by atoms with Gasteiger partial charge in [0, 0.05) is 35.2 Å². The summed E-state index contributed by atoms with van der Waals surface area (Å²) in [5.41, 5.74) is 2.37. The van der Waals surface area contributed by atoms with E-state index >= 15 is 0 Å². The molecule has 0 amide bonds. The molecule has 0 bridgehead atoms.